The number of nitrogens with two attached hydrogens (primary N) is 1. The molecule has 0 aliphatic heterocycles. The molecular formula is C11H17NO3S. The van der Waals surface area contributed by atoms with Gasteiger partial charge < -0.3 is 19.9 Å². The minimum absolute atomic E-state index is 0.226. The first-order chi connectivity index (χ1) is 7.71. The average molecular weight is 243 g/mol. The number of nitrogen functional groups attached to an aromatic ring is 1. The van der Waals surface area contributed by atoms with Crippen molar-refractivity contribution in [1.82, 2.24) is 0 Å². The average Bonchev–Trinajstić information content (AvgIpc) is 2.32. The van der Waals surface area contributed by atoms with Crippen molar-refractivity contribution in [2.75, 3.05) is 32.8 Å². The van der Waals surface area contributed by atoms with Crippen LogP contribution in [0.15, 0.2) is 23.1 Å². The van der Waals surface area contributed by atoms with Gasteiger partial charge in [-0.25, -0.2) is 0 Å². The van der Waals surface area contributed by atoms with Crippen molar-refractivity contribution in [3.63, 3.8) is 0 Å². The molecule has 0 saturated heterocycles. The van der Waals surface area contributed by atoms with Gasteiger partial charge in [0.05, 0.1) is 7.11 Å². The zero-order valence-corrected chi connectivity index (χ0v) is 10.5. The normalized spacial score (nSPS) is 10.8. The van der Waals surface area contributed by atoms with Gasteiger partial charge in [-0.1, -0.05) is 0 Å². The highest BCUT2D eigenvalue weighted by Gasteiger charge is 2.08. The molecule has 1 aromatic rings. The van der Waals surface area contributed by atoms with E-state index in [9.17, 15) is 0 Å². The van der Waals surface area contributed by atoms with Crippen LogP contribution in [0.5, 0.6) is 5.75 Å². The summed E-state index contributed by atoms with van der Waals surface area (Å²) in [7, 11) is 4.86. The summed E-state index contributed by atoms with van der Waals surface area (Å²) in [4.78, 5) is 0.971. The third-order valence-electron chi connectivity index (χ3n) is 2.12. The summed E-state index contributed by atoms with van der Waals surface area (Å²) in [5, 5.41) is 0. The van der Waals surface area contributed by atoms with E-state index >= 15 is 0 Å². The fourth-order valence-electron chi connectivity index (χ4n) is 1.16. The van der Waals surface area contributed by atoms with Gasteiger partial charge in [0.25, 0.3) is 0 Å². The SMILES string of the molecule is COc1ccc(N)c(SCC(OC)OC)c1. The maximum Gasteiger partial charge on any atom is 0.166 e. The number of anilines is 1. The van der Waals surface area contributed by atoms with E-state index in [1.165, 1.54) is 0 Å². The van der Waals surface area contributed by atoms with Crippen molar-refractivity contribution >= 4 is 17.4 Å². The molecule has 16 heavy (non-hydrogen) atoms. The van der Waals surface area contributed by atoms with Gasteiger partial charge in [0.15, 0.2) is 6.29 Å². The fraction of sp³-hybridized carbons (Fsp3) is 0.455. The van der Waals surface area contributed by atoms with Crippen molar-refractivity contribution in [3.8, 4) is 5.75 Å². The summed E-state index contributed by atoms with van der Waals surface area (Å²) in [6, 6.07) is 5.57. The van der Waals surface area contributed by atoms with E-state index < -0.39 is 0 Å². The zero-order chi connectivity index (χ0) is 12.0. The fourth-order valence-corrected chi connectivity index (χ4v) is 2.18. The molecule has 0 unspecified atom stereocenters. The number of rotatable bonds is 6. The molecule has 0 aliphatic rings. The second-order valence-corrected chi connectivity index (χ2v) is 4.18. The molecule has 0 amide bonds. The maximum atomic E-state index is 5.86. The molecule has 0 bridgehead atoms. The van der Waals surface area contributed by atoms with Gasteiger partial charge in [-0.2, -0.15) is 0 Å². The van der Waals surface area contributed by atoms with Crippen LogP contribution in [0.25, 0.3) is 0 Å². The number of hydrogen-bond donors (Lipinski definition) is 1. The molecule has 1 rings (SSSR count). The Morgan fingerprint density at radius 3 is 2.50 bits per heavy atom. The van der Waals surface area contributed by atoms with Crippen molar-refractivity contribution in [1.29, 1.82) is 0 Å². The Labute approximate surface area is 100 Å². The first-order valence-corrected chi connectivity index (χ1v) is 5.81. The Hall–Kier alpha value is -0.910. The van der Waals surface area contributed by atoms with Crippen LogP contribution in [-0.4, -0.2) is 33.4 Å². The van der Waals surface area contributed by atoms with Crippen molar-refractivity contribution in [2.45, 2.75) is 11.2 Å². The predicted molar refractivity (Wildman–Crippen MR) is 65.9 cm³/mol. The lowest BCUT2D eigenvalue weighted by molar-refractivity contribution is -0.0842. The Morgan fingerprint density at radius 1 is 1.25 bits per heavy atom. The van der Waals surface area contributed by atoms with E-state index in [1.807, 2.05) is 18.2 Å². The molecule has 4 nitrogen and oxygen atoms in total. The molecule has 0 aliphatic carbocycles. The van der Waals surface area contributed by atoms with Gasteiger partial charge in [-0.05, 0) is 18.2 Å². The standard InChI is InChI=1S/C11H17NO3S/c1-13-8-4-5-9(12)10(6-8)16-7-11(14-2)15-3/h4-6,11H,7,12H2,1-3H3. The summed E-state index contributed by atoms with van der Waals surface area (Å²) in [6.45, 7) is 0. The van der Waals surface area contributed by atoms with E-state index in [2.05, 4.69) is 0 Å². The van der Waals surface area contributed by atoms with Crippen molar-refractivity contribution in [2.24, 2.45) is 0 Å². The number of ether oxygens (including phenoxy) is 3. The second-order valence-electron chi connectivity index (χ2n) is 3.12. The lowest BCUT2D eigenvalue weighted by Crippen LogP contribution is -2.15. The van der Waals surface area contributed by atoms with Gasteiger partial charge >= 0.3 is 0 Å². The molecule has 2 N–H and O–H groups in total. The first kappa shape index (κ1) is 13.2. The Bertz CT molecular complexity index is 329. The summed E-state index contributed by atoms with van der Waals surface area (Å²) < 4.78 is 15.3. The van der Waals surface area contributed by atoms with Gasteiger partial charge in [0.2, 0.25) is 0 Å². The van der Waals surface area contributed by atoms with Crippen LogP contribution < -0.4 is 10.5 Å². The molecular weight excluding hydrogens is 226 g/mol. The number of hydrogen-bond acceptors (Lipinski definition) is 5. The highest BCUT2D eigenvalue weighted by atomic mass is 32.2. The molecule has 0 atom stereocenters. The van der Waals surface area contributed by atoms with E-state index in [0.717, 1.165) is 16.3 Å². The largest absolute Gasteiger partial charge is 0.497 e. The van der Waals surface area contributed by atoms with Crippen LogP contribution in [0.4, 0.5) is 5.69 Å². The number of methoxy groups -OCH3 is 3. The van der Waals surface area contributed by atoms with Crippen LogP contribution in [0.1, 0.15) is 0 Å². The van der Waals surface area contributed by atoms with Crippen molar-refractivity contribution in [3.05, 3.63) is 18.2 Å². The highest BCUT2D eigenvalue weighted by Crippen LogP contribution is 2.29. The summed E-state index contributed by atoms with van der Waals surface area (Å²) in [6.07, 6.45) is -0.226. The van der Waals surface area contributed by atoms with Gasteiger partial charge in [-0.15, -0.1) is 11.8 Å². The van der Waals surface area contributed by atoms with Crippen LogP contribution in [0, 0.1) is 0 Å². The van der Waals surface area contributed by atoms with Gasteiger partial charge in [-0.3, -0.25) is 0 Å². The molecule has 0 saturated carbocycles. The van der Waals surface area contributed by atoms with E-state index in [1.54, 1.807) is 33.1 Å². The Balaban J connectivity index is 2.65. The molecule has 0 fully saturated rings. The topological polar surface area (TPSA) is 53.7 Å². The summed E-state index contributed by atoms with van der Waals surface area (Å²) in [5.41, 5.74) is 6.59. The van der Waals surface area contributed by atoms with Crippen LogP contribution in [0.3, 0.4) is 0 Å². The molecule has 90 valence electrons. The Kier molecular flexibility index (Phi) is 5.45. The minimum Gasteiger partial charge on any atom is -0.497 e. The third kappa shape index (κ3) is 3.59. The lowest BCUT2D eigenvalue weighted by atomic mass is 10.3. The van der Waals surface area contributed by atoms with Crippen LogP contribution >= 0.6 is 11.8 Å². The Morgan fingerprint density at radius 2 is 1.94 bits per heavy atom. The molecule has 0 aromatic heterocycles. The molecule has 0 spiro atoms. The van der Waals surface area contributed by atoms with E-state index in [4.69, 9.17) is 19.9 Å². The smallest absolute Gasteiger partial charge is 0.166 e. The molecule has 0 heterocycles. The monoisotopic (exact) mass is 243 g/mol. The first-order valence-electron chi connectivity index (χ1n) is 4.83. The quantitative estimate of drug-likeness (QED) is 0.470. The second kappa shape index (κ2) is 6.62. The molecule has 1 aromatic carbocycles. The van der Waals surface area contributed by atoms with Crippen molar-refractivity contribution < 1.29 is 14.2 Å². The molecule has 5 heteroatoms. The van der Waals surface area contributed by atoms with E-state index in [0.29, 0.717) is 5.75 Å². The summed E-state index contributed by atoms with van der Waals surface area (Å²) in [5.74, 6) is 1.48. The lowest BCUT2D eigenvalue weighted by Gasteiger charge is -2.13. The van der Waals surface area contributed by atoms with E-state index in [-0.39, 0.29) is 6.29 Å². The summed E-state index contributed by atoms with van der Waals surface area (Å²) >= 11 is 1.58. The third-order valence-corrected chi connectivity index (χ3v) is 3.22. The van der Waals surface area contributed by atoms with Crippen LogP contribution in [-0.2, 0) is 9.47 Å². The maximum absolute atomic E-state index is 5.86. The minimum atomic E-state index is -0.226. The number of thioether (sulfide) groups is 1. The number of benzene rings is 1. The zero-order valence-electron chi connectivity index (χ0n) is 9.73. The van der Waals surface area contributed by atoms with Gasteiger partial charge in [0, 0.05) is 30.6 Å². The predicted octanol–water partition coefficient (Wildman–Crippen LogP) is 1.99. The van der Waals surface area contributed by atoms with Gasteiger partial charge in [0.1, 0.15) is 5.75 Å². The molecule has 0 radical (unpaired) electrons. The van der Waals surface area contributed by atoms with Crippen LogP contribution in [0.2, 0.25) is 0 Å². The highest BCUT2D eigenvalue weighted by molar-refractivity contribution is 7.99.